The molecule has 0 saturated carbocycles. The highest BCUT2D eigenvalue weighted by Crippen LogP contribution is 2.29. The minimum absolute atomic E-state index is 0.133. The van der Waals surface area contributed by atoms with Gasteiger partial charge in [0.1, 0.15) is 11.5 Å². The lowest BCUT2D eigenvalue weighted by Gasteiger charge is -2.11. The predicted molar refractivity (Wildman–Crippen MR) is 111 cm³/mol. The number of aromatic nitrogens is 3. The minimum Gasteiger partial charge on any atom is -0.497 e. The normalized spacial score (nSPS) is 10.8. The minimum atomic E-state index is 0.133. The van der Waals surface area contributed by atoms with Gasteiger partial charge in [0.2, 0.25) is 0 Å². The highest BCUT2D eigenvalue weighted by Gasteiger charge is 2.16. The van der Waals surface area contributed by atoms with Crippen LogP contribution >= 0.6 is 11.8 Å². The van der Waals surface area contributed by atoms with Crippen molar-refractivity contribution in [2.75, 3.05) is 39.7 Å². The average Bonchev–Trinajstić information content (AvgIpc) is 3.17. The molecular formula is C20H24N4O3S. The van der Waals surface area contributed by atoms with E-state index in [-0.39, 0.29) is 6.61 Å². The van der Waals surface area contributed by atoms with Crippen LogP contribution in [0.3, 0.4) is 0 Å². The maximum Gasteiger partial charge on any atom is 0.196 e. The lowest BCUT2D eigenvalue weighted by Crippen LogP contribution is -2.20. The molecule has 8 heteroatoms. The molecule has 0 amide bonds. The van der Waals surface area contributed by atoms with Crippen LogP contribution in [0.5, 0.6) is 11.5 Å². The number of rotatable bonds is 10. The van der Waals surface area contributed by atoms with Gasteiger partial charge < -0.3 is 19.9 Å². The Hall–Kier alpha value is -2.55. The van der Waals surface area contributed by atoms with Gasteiger partial charge >= 0.3 is 0 Å². The summed E-state index contributed by atoms with van der Waals surface area (Å²) in [5.41, 5.74) is 1.91. The number of hydrogen-bond acceptors (Lipinski definition) is 7. The Morgan fingerprint density at radius 2 is 1.57 bits per heavy atom. The van der Waals surface area contributed by atoms with Gasteiger partial charge in [-0.1, -0.05) is 11.8 Å². The Kier molecular flexibility index (Phi) is 7.30. The number of nitrogens with one attached hydrogen (secondary N) is 1. The third kappa shape index (κ3) is 4.83. The fourth-order valence-corrected chi connectivity index (χ4v) is 3.52. The van der Waals surface area contributed by atoms with Crippen molar-refractivity contribution in [2.24, 2.45) is 0 Å². The molecule has 0 unspecified atom stereocenters. The largest absolute Gasteiger partial charge is 0.497 e. The van der Waals surface area contributed by atoms with Crippen LogP contribution in [-0.4, -0.2) is 59.5 Å². The maximum absolute atomic E-state index is 8.87. The van der Waals surface area contributed by atoms with Crippen molar-refractivity contribution in [1.82, 2.24) is 20.1 Å². The number of ether oxygens (including phenoxy) is 2. The molecule has 28 heavy (non-hydrogen) atoms. The SMILES string of the molecule is COc1ccc(-c2nnc(SCCNCCO)n2-c2ccc(OC)cc2)cc1. The molecule has 1 heterocycles. The summed E-state index contributed by atoms with van der Waals surface area (Å²) in [5.74, 6) is 3.17. The topological polar surface area (TPSA) is 81.4 Å². The Balaban J connectivity index is 1.91. The summed E-state index contributed by atoms with van der Waals surface area (Å²) >= 11 is 1.61. The summed E-state index contributed by atoms with van der Waals surface area (Å²) in [5, 5.41) is 21.7. The second kappa shape index (κ2) is 10.1. The second-order valence-corrected chi connectivity index (χ2v) is 6.95. The molecule has 0 bridgehead atoms. The van der Waals surface area contributed by atoms with E-state index in [1.807, 2.05) is 53.1 Å². The van der Waals surface area contributed by atoms with Gasteiger partial charge in [-0.3, -0.25) is 4.57 Å². The molecule has 0 fully saturated rings. The molecule has 148 valence electrons. The first kappa shape index (κ1) is 20.2. The van der Waals surface area contributed by atoms with Gasteiger partial charge in [-0.05, 0) is 48.5 Å². The van der Waals surface area contributed by atoms with E-state index >= 15 is 0 Å². The van der Waals surface area contributed by atoms with E-state index < -0.39 is 0 Å². The molecule has 2 N–H and O–H groups in total. The van der Waals surface area contributed by atoms with Crippen molar-refractivity contribution in [3.63, 3.8) is 0 Å². The van der Waals surface area contributed by atoms with Crippen LogP contribution in [0.15, 0.2) is 53.7 Å². The summed E-state index contributed by atoms with van der Waals surface area (Å²) in [4.78, 5) is 0. The quantitative estimate of drug-likeness (QED) is 0.400. The molecule has 1 aromatic heterocycles. The van der Waals surface area contributed by atoms with Gasteiger partial charge in [0, 0.05) is 30.1 Å². The van der Waals surface area contributed by atoms with Gasteiger partial charge in [0.05, 0.1) is 20.8 Å². The van der Waals surface area contributed by atoms with Crippen molar-refractivity contribution in [3.05, 3.63) is 48.5 Å². The first-order chi connectivity index (χ1) is 13.8. The highest BCUT2D eigenvalue weighted by molar-refractivity contribution is 7.99. The van der Waals surface area contributed by atoms with Crippen molar-refractivity contribution in [3.8, 4) is 28.6 Å². The summed E-state index contributed by atoms with van der Waals surface area (Å²) in [6.45, 7) is 1.50. The lowest BCUT2D eigenvalue weighted by atomic mass is 10.2. The van der Waals surface area contributed by atoms with Gasteiger partial charge in [0.15, 0.2) is 11.0 Å². The van der Waals surface area contributed by atoms with Gasteiger partial charge in [-0.25, -0.2) is 0 Å². The van der Waals surface area contributed by atoms with E-state index in [0.717, 1.165) is 46.0 Å². The van der Waals surface area contributed by atoms with Gasteiger partial charge in [0.25, 0.3) is 0 Å². The third-order valence-electron chi connectivity index (χ3n) is 4.11. The van der Waals surface area contributed by atoms with Gasteiger partial charge in [-0.15, -0.1) is 10.2 Å². The molecule has 0 atom stereocenters. The Morgan fingerprint density at radius 3 is 2.18 bits per heavy atom. The average molecular weight is 401 g/mol. The summed E-state index contributed by atoms with van der Waals surface area (Å²) < 4.78 is 12.6. The molecule has 0 saturated heterocycles. The van der Waals surface area contributed by atoms with Gasteiger partial charge in [-0.2, -0.15) is 0 Å². The number of hydrogen-bond donors (Lipinski definition) is 2. The summed E-state index contributed by atoms with van der Waals surface area (Å²) in [7, 11) is 3.30. The van der Waals surface area contributed by atoms with E-state index in [1.54, 1.807) is 26.0 Å². The van der Waals surface area contributed by atoms with Crippen LogP contribution in [0.25, 0.3) is 17.1 Å². The summed E-state index contributed by atoms with van der Waals surface area (Å²) in [6, 6.07) is 15.6. The van der Waals surface area contributed by atoms with Crippen LogP contribution in [0, 0.1) is 0 Å². The van der Waals surface area contributed by atoms with Crippen LogP contribution in [0.4, 0.5) is 0 Å². The molecular weight excluding hydrogens is 376 g/mol. The zero-order valence-electron chi connectivity index (χ0n) is 16.0. The van der Waals surface area contributed by atoms with Crippen LogP contribution < -0.4 is 14.8 Å². The maximum atomic E-state index is 8.87. The number of benzene rings is 2. The Morgan fingerprint density at radius 1 is 0.929 bits per heavy atom. The molecule has 0 spiro atoms. The third-order valence-corrected chi connectivity index (χ3v) is 5.04. The van der Waals surface area contributed by atoms with Crippen LogP contribution in [-0.2, 0) is 0 Å². The first-order valence-corrected chi connectivity index (χ1v) is 9.94. The molecule has 2 aromatic carbocycles. The number of methoxy groups -OCH3 is 2. The molecule has 3 rings (SSSR count). The zero-order valence-corrected chi connectivity index (χ0v) is 16.8. The smallest absolute Gasteiger partial charge is 0.196 e. The Labute approximate surface area is 168 Å². The zero-order chi connectivity index (χ0) is 19.8. The van der Waals surface area contributed by atoms with Crippen molar-refractivity contribution in [2.45, 2.75) is 5.16 Å². The highest BCUT2D eigenvalue weighted by atomic mass is 32.2. The number of nitrogens with zero attached hydrogens (tertiary/aromatic N) is 3. The number of aliphatic hydroxyl groups excluding tert-OH is 1. The van der Waals surface area contributed by atoms with E-state index in [1.165, 1.54) is 0 Å². The molecule has 0 aliphatic heterocycles. The lowest BCUT2D eigenvalue weighted by molar-refractivity contribution is 0.294. The first-order valence-electron chi connectivity index (χ1n) is 8.95. The van der Waals surface area contributed by atoms with Crippen LogP contribution in [0.2, 0.25) is 0 Å². The predicted octanol–water partition coefficient (Wildman–Crippen LogP) is 2.63. The fourth-order valence-electron chi connectivity index (χ4n) is 2.67. The Bertz CT molecular complexity index is 866. The number of aliphatic hydroxyl groups is 1. The standard InChI is InChI=1S/C20H24N4O3S/c1-26-17-7-3-15(4-8-17)19-22-23-20(28-14-12-21-11-13-25)24(19)16-5-9-18(27-2)10-6-16/h3-10,21,25H,11-14H2,1-2H3. The molecule has 0 aliphatic rings. The van der Waals surface area contributed by atoms with Crippen LogP contribution in [0.1, 0.15) is 0 Å². The van der Waals surface area contributed by atoms with E-state index in [4.69, 9.17) is 14.6 Å². The molecule has 0 aliphatic carbocycles. The number of thioether (sulfide) groups is 1. The van der Waals surface area contributed by atoms with Crippen molar-refractivity contribution in [1.29, 1.82) is 0 Å². The van der Waals surface area contributed by atoms with Crippen molar-refractivity contribution >= 4 is 11.8 Å². The van der Waals surface area contributed by atoms with E-state index in [2.05, 4.69) is 15.5 Å². The van der Waals surface area contributed by atoms with E-state index in [9.17, 15) is 0 Å². The van der Waals surface area contributed by atoms with E-state index in [0.29, 0.717) is 6.54 Å². The molecule has 0 radical (unpaired) electrons. The molecule has 3 aromatic rings. The van der Waals surface area contributed by atoms with Crippen molar-refractivity contribution < 1.29 is 14.6 Å². The second-order valence-electron chi connectivity index (χ2n) is 5.89. The monoisotopic (exact) mass is 400 g/mol. The fraction of sp³-hybridized carbons (Fsp3) is 0.300. The summed E-state index contributed by atoms with van der Waals surface area (Å²) in [6.07, 6.45) is 0. The molecule has 7 nitrogen and oxygen atoms in total.